The van der Waals surface area contributed by atoms with Crippen LogP contribution in [0.4, 0.5) is 0 Å². The Kier molecular flexibility index (Phi) is 7.70. The van der Waals surface area contributed by atoms with Crippen LogP contribution in [0, 0.1) is 0 Å². The van der Waals surface area contributed by atoms with E-state index in [-0.39, 0.29) is 31.6 Å². The van der Waals surface area contributed by atoms with Crippen molar-refractivity contribution in [1.29, 1.82) is 0 Å². The van der Waals surface area contributed by atoms with Crippen molar-refractivity contribution in [2.75, 3.05) is 13.8 Å². The molecule has 4 rings (SSSR count). The minimum Gasteiger partial charge on any atom is -0.454 e. The number of carbonyl (C=O) groups excluding carboxylic acids is 2. The van der Waals surface area contributed by atoms with Gasteiger partial charge in [0.2, 0.25) is 18.6 Å². The number of rotatable bonds is 9. The molecule has 0 saturated carbocycles. The van der Waals surface area contributed by atoms with Gasteiger partial charge in [-0.25, -0.2) is 0 Å². The highest BCUT2D eigenvalue weighted by atomic mass is 35.5. The number of halogens is 1. The van der Waals surface area contributed by atoms with E-state index in [4.69, 9.17) is 21.1 Å². The van der Waals surface area contributed by atoms with Crippen molar-refractivity contribution in [3.63, 3.8) is 0 Å². The number of benzene rings is 3. The first-order valence-electron chi connectivity index (χ1n) is 11.2. The largest absolute Gasteiger partial charge is 0.454 e. The molecule has 0 saturated heterocycles. The van der Waals surface area contributed by atoms with E-state index in [0.29, 0.717) is 29.4 Å². The van der Waals surface area contributed by atoms with Crippen molar-refractivity contribution in [1.82, 2.24) is 10.2 Å². The number of nitrogens with one attached hydrogen (secondary N) is 1. The molecule has 3 aromatic carbocycles. The van der Waals surface area contributed by atoms with Crippen molar-refractivity contribution >= 4 is 23.4 Å². The van der Waals surface area contributed by atoms with Gasteiger partial charge in [-0.3, -0.25) is 9.59 Å². The van der Waals surface area contributed by atoms with Crippen LogP contribution in [0.15, 0.2) is 72.8 Å². The average Bonchev–Trinajstić information content (AvgIpc) is 3.34. The third kappa shape index (κ3) is 5.69. The summed E-state index contributed by atoms with van der Waals surface area (Å²) in [5, 5.41) is 3.29. The van der Waals surface area contributed by atoms with Crippen LogP contribution in [0.2, 0.25) is 5.02 Å². The summed E-state index contributed by atoms with van der Waals surface area (Å²) in [5.74, 6) is 1.05. The number of hydrogen-bond acceptors (Lipinski definition) is 4. The van der Waals surface area contributed by atoms with Gasteiger partial charge in [-0.1, -0.05) is 66.2 Å². The molecule has 2 amide bonds. The number of ether oxygens (including phenoxy) is 2. The van der Waals surface area contributed by atoms with Crippen molar-refractivity contribution in [3.8, 4) is 11.5 Å². The summed E-state index contributed by atoms with van der Waals surface area (Å²) < 4.78 is 10.8. The van der Waals surface area contributed by atoms with Gasteiger partial charge in [0.1, 0.15) is 6.04 Å². The molecule has 1 atom stereocenters. The van der Waals surface area contributed by atoms with Crippen molar-refractivity contribution in [2.45, 2.75) is 31.8 Å². The smallest absolute Gasteiger partial charge is 0.242 e. The molecule has 1 heterocycles. The Balaban J connectivity index is 1.58. The van der Waals surface area contributed by atoms with Crippen LogP contribution in [0.3, 0.4) is 0 Å². The highest BCUT2D eigenvalue weighted by Gasteiger charge is 2.30. The number of likely N-dealkylation sites (N-methyl/N-ethyl adjacent to an activating group) is 1. The number of fused-ring (bicyclic) bond motifs is 1. The Morgan fingerprint density at radius 2 is 1.71 bits per heavy atom. The van der Waals surface area contributed by atoms with Gasteiger partial charge in [-0.05, 0) is 41.3 Å². The fourth-order valence-corrected chi connectivity index (χ4v) is 4.22. The molecule has 0 radical (unpaired) electrons. The molecule has 0 unspecified atom stereocenters. The normalized spacial score (nSPS) is 12.8. The maximum atomic E-state index is 13.6. The van der Waals surface area contributed by atoms with Crippen LogP contribution >= 0.6 is 11.6 Å². The third-order valence-corrected chi connectivity index (χ3v) is 6.25. The summed E-state index contributed by atoms with van der Waals surface area (Å²) in [4.78, 5) is 28.2. The van der Waals surface area contributed by atoms with E-state index >= 15 is 0 Å². The quantitative estimate of drug-likeness (QED) is 0.495. The standard InChI is InChI=1S/C27H27ClN2O4/c1-29-27(32)23(15-19-7-3-2-4-8-19)30(17-21-9-5-6-10-22(21)28)26(31)14-12-20-11-13-24-25(16-20)34-18-33-24/h2-11,13,16,23H,12,14-15,17-18H2,1H3,(H,29,32)/t23-/m1/s1. The third-order valence-electron chi connectivity index (χ3n) is 5.88. The molecule has 3 aromatic rings. The highest BCUT2D eigenvalue weighted by Crippen LogP contribution is 2.33. The zero-order valence-corrected chi connectivity index (χ0v) is 19.8. The van der Waals surface area contributed by atoms with E-state index in [2.05, 4.69) is 5.32 Å². The molecular weight excluding hydrogens is 452 g/mol. The Labute approximate surface area is 204 Å². The van der Waals surface area contributed by atoms with Gasteiger partial charge < -0.3 is 19.7 Å². The van der Waals surface area contributed by atoms with Gasteiger partial charge in [0.15, 0.2) is 11.5 Å². The van der Waals surface area contributed by atoms with E-state index in [1.807, 2.05) is 66.7 Å². The molecule has 0 aliphatic carbocycles. The van der Waals surface area contributed by atoms with Crippen molar-refractivity contribution in [2.24, 2.45) is 0 Å². The molecule has 0 aromatic heterocycles. The Morgan fingerprint density at radius 3 is 2.47 bits per heavy atom. The van der Waals surface area contributed by atoms with Gasteiger partial charge in [-0.2, -0.15) is 0 Å². The van der Waals surface area contributed by atoms with Crippen LogP contribution in [0.1, 0.15) is 23.1 Å². The first-order chi connectivity index (χ1) is 16.5. The molecule has 1 N–H and O–H groups in total. The minimum absolute atomic E-state index is 0.123. The van der Waals surface area contributed by atoms with Crippen molar-refractivity contribution < 1.29 is 19.1 Å². The second kappa shape index (κ2) is 11.1. The fraction of sp³-hybridized carbons (Fsp3) is 0.259. The minimum atomic E-state index is -0.673. The molecule has 6 nitrogen and oxygen atoms in total. The van der Waals surface area contributed by atoms with E-state index in [9.17, 15) is 9.59 Å². The molecule has 176 valence electrons. The lowest BCUT2D eigenvalue weighted by atomic mass is 10.0. The molecule has 1 aliphatic heterocycles. The Hall–Kier alpha value is -3.51. The maximum absolute atomic E-state index is 13.6. The number of nitrogens with zero attached hydrogens (tertiary/aromatic N) is 1. The highest BCUT2D eigenvalue weighted by molar-refractivity contribution is 6.31. The van der Waals surface area contributed by atoms with E-state index in [1.165, 1.54) is 0 Å². The van der Waals surface area contributed by atoms with Gasteiger partial charge in [0.05, 0.1) is 0 Å². The Morgan fingerprint density at radius 1 is 0.971 bits per heavy atom. The molecule has 34 heavy (non-hydrogen) atoms. The molecule has 0 spiro atoms. The van der Waals surface area contributed by atoms with Gasteiger partial charge >= 0.3 is 0 Å². The summed E-state index contributed by atoms with van der Waals surface area (Å²) in [6, 6.07) is 22.1. The summed E-state index contributed by atoms with van der Waals surface area (Å²) in [7, 11) is 1.59. The lowest BCUT2D eigenvalue weighted by Gasteiger charge is -2.31. The molecule has 1 aliphatic rings. The summed E-state index contributed by atoms with van der Waals surface area (Å²) in [6.07, 6.45) is 1.16. The predicted octanol–water partition coefficient (Wildman–Crippen LogP) is 4.39. The van der Waals surface area contributed by atoms with Gasteiger partial charge in [0, 0.05) is 31.5 Å². The van der Waals surface area contributed by atoms with Gasteiger partial charge in [-0.15, -0.1) is 0 Å². The van der Waals surface area contributed by atoms with Crippen molar-refractivity contribution in [3.05, 3.63) is 94.5 Å². The van der Waals surface area contributed by atoms with Crippen LogP contribution < -0.4 is 14.8 Å². The monoisotopic (exact) mass is 478 g/mol. The Bertz CT molecular complexity index is 1150. The SMILES string of the molecule is CNC(=O)[C@@H](Cc1ccccc1)N(Cc1ccccc1Cl)C(=O)CCc1ccc2c(c1)OCO2. The lowest BCUT2D eigenvalue weighted by molar-refractivity contribution is -0.141. The number of hydrogen-bond donors (Lipinski definition) is 1. The second-order valence-electron chi connectivity index (χ2n) is 8.12. The van der Waals surface area contributed by atoms with Crippen LogP contribution in [0.25, 0.3) is 0 Å². The first kappa shape index (κ1) is 23.6. The van der Waals surface area contributed by atoms with Gasteiger partial charge in [0.25, 0.3) is 0 Å². The average molecular weight is 479 g/mol. The zero-order chi connectivity index (χ0) is 23.9. The number of aryl methyl sites for hydroxylation is 1. The summed E-state index contributed by atoms with van der Waals surface area (Å²) in [6.45, 7) is 0.446. The van der Waals surface area contributed by atoms with Crippen LogP contribution in [0.5, 0.6) is 11.5 Å². The molecular formula is C27H27ClN2O4. The molecule has 7 heteroatoms. The molecule has 0 bridgehead atoms. The number of amides is 2. The summed E-state index contributed by atoms with van der Waals surface area (Å²) in [5.41, 5.74) is 2.74. The fourth-order valence-electron chi connectivity index (χ4n) is 4.02. The topological polar surface area (TPSA) is 67.9 Å². The number of carbonyl (C=O) groups is 2. The van der Waals surface area contributed by atoms with E-state index in [0.717, 1.165) is 16.7 Å². The van der Waals surface area contributed by atoms with E-state index < -0.39 is 6.04 Å². The molecule has 0 fully saturated rings. The zero-order valence-electron chi connectivity index (χ0n) is 19.0. The first-order valence-corrected chi connectivity index (χ1v) is 11.6. The second-order valence-corrected chi connectivity index (χ2v) is 8.53. The lowest BCUT2D eigenvalue weighted by Crippen LogP contribution is -2.49. The van der Waals surface area contributed by atoms with Crippen LogP contribution in [-0.4, -0.2) is 36.6 Å². The van der Waals surface area contributed by atoms with Crippen LogP contribution in [-0.2, 0) is 29.0 Å². The predicted molar refractivity (Wildman–Crippen MR) is 131 cm³/mol. The van der Waals surface area contributed by atoms with E-state index in [1.54, 1.807) is 18.0 Å². The summed E-state index contributed by atoms with van der Waals surface area (Å²) >= 11 is 6.41. The maximum Gasteiger partial charge on any atom is 0.242 e.